The second kappa shape index (κ2) is 7.25. The molecule has 4 nitrogen and oxygen atoms in total. The molecule has 22 heavy (non-hydrogen) atoms. The summed E-state index contributed by atoms with van der Waals surface area (Å²) < 4.78 is 1.64. The van der Waals surface area contributed by atoms with Crippen molar-refractivity contribution in [1.82, 2.24) is 15.1 Å². The largest absolute Gasteiger partial charge is 0.345 e. The Morgan fingerprint density at radius 3 is 2.45 bits per heavy atom. The summed E-state index contributed by atoms with van der Waals surface area (Å²) in [6, 6.07) is 8.57. The van der Waals surface area contributed by atoms with Gasteiger partial charge in [0.05, 0.1) is 17.8 Å². The van der Waals surface area contributed by atoms with Gasteiger partial charge in [0.15, 0.2) is 0 Å². The first-order chi connectivity index (χ1) is 10.5. The number of benzene rings is 1. The summed E-state index contributed by atoms with van der Waals surface area (Å²) in [7, 11) is 1.81. The zero-order chi connectivity index (χ0) is 16.1. The molecule has 118 valence electrons. The first-order valence-corrected chi connectivity index (χ1v) is 7.89. The lowest BCUT2D eigenvalue weighted by Gasteiger charge is -2.23. The molecule has 1 amide bonds. The molecule has 4 heteroatoms. The average Bonchev–Trinajstić information content (AvgIpc) is 2.92. The van der Waals surface area contributed by atoms with Gasteiger partial charge in [0.1, 0.15) is 0 Å². The normalized spacial score (nSPS) is 12.4. The molecule has 0 spiro atoms. The predicted molar refractivity (Wildman–Crippen MR) is 88.7 cm³/mol. The number of rotatable bonds is 6. The number of aryl methyl sites for hydroxylation is 2. The standard InChI is InChI=1S/C18H25N3O/c1-5-6-14-7-9-15(10-8-14)17(13(2)3)20-18(22)16-11-19-21(4)12-16/h7-13,17H,5-6H2,1-4H3,(H,20,22)/t17-/m1/s1. The van der Waals surface area contributed by atoms with Gasteiger partial charge >= 0.3 is 0 Å². The number of aromatic nitrogens is 2. The summed E-state index contributed by atoms with van der Waals surface area (Å²) in [6.07, 6.45) is 5.56. The minimum absolute atomic E-state index is 0.00313. The van der Waals surface area contributed by atoms with E-state index in [0.29, 0.717) is 11.5 Å². The van der Waals surface area contributed by atoms with Crippen molar-refractivity contribution < 1.29 is 4.79 Å². The summed E-state index contributed by atoms with van der Waals surface area (Å²) in [5, 5.41) is 7.17. The highest BCUT2D eigenvalue weighted by molar-refractivity contribution is 5.93. The van der Waals surface area contributed by atoms with E-state index in [2.05, 4.69) is 55.5 Å². The van der Waals surface area contributed by atoms with E-state index in [-0.39, 0.29) is 11.9 Å². The fourth-order valence-corrected chi connectivity index (χ4v) is 2.58. The maximum atomic E-state index is 12.4. The van der Waals surface area contributed by atoms with Gasteiger partial charge in [-0.25, -0.2) is 0 Å². The third-order valence-electron chi connectivity index (χ3n) is 3.80. The van der Waals surface area contributed by atoms with Gasteiger partial charge in [0.2, 0.25) is 0 Å². The highest BCUT2D eigenvalue weighted by Crippen LogP contribution is 2.23. The Balaban J connectivity index is 2.14. The maximum Gasteiger partial charge on any atom is 0.254 e. The highest BCUT2D eigenvalue weighted by Gasteiger charge is 2.19. The van der Waals surface area contributed by atoms with E-state index < -0.39 is 0 Å². The summed E-state index contributed by atoms with van der Waals surface area (Å²) in [5.74, 6) is 0.238. The molecule has 0 radical (unpaired) electrons. The van der Waals surface area contributed by atoms with Crippen molar-refractivity contribution in [3.8, 4) is 0 Å². The number of carbonyl (C=O) groups excluding carboxylic acids is 1. The number of nitrogens with one attached hydrogen (secondary N) is 1. The highest BCUT2D eigenvalue weighted by atomic mass is 16.1. The lowest BCUT2D eigenvalue weighted by Crippen LogP contribution is -2.31. The number of carbonyl (C=O) groups is 1. The Labute approximate surface area is 132 Å². The van der Waals surface area contributed by atoms with Crippen molar-refractivity contribution in [1.29, 1.82) is 0 Å². The smallest absolute Gasteiger partial charge is 0.254 e. The summed E-state index contributed by atoms with van der Waals surface area (Å²) in [5.41, 5.74) is 3.08. The zero-order valence-electron chi connectivity index (χ0n) is 13.8. The van der Waals surface area contributed by atoms with Gasteiger partial charge in [-0.3, -0.25) is 9.48 Å². The fourth-order valence-electron chi connectivity index (χ4n) is 2.58. The van der Waals surface area contributed by atoms with Crippen LogP contribution in [0.4, 0.5) is 0 Å². The van der Waals surface area contributed by atoms with E-state index in [4.69, 9.17) is 0 Å². The number of nitrogens with zero attached hydrogens (tertiary/aromatic N) is 2. The summed E-state index contributed by atoms with van der Waals surface area (Å²) >= 11 is 0. The summed E-state index contributed by atoms with van der Waals surface area (Å²) in [6.45, 7) is 6.42. The van der Waals surface area contributed by atoms with Crippen LogP contribution in [-0.4, -0.2) is 15.7 Å². The zero-order valence-corrected chi connectivity index (χ0v) is 13.8. The molecule has 0 saturated heterocycles. The first-order valence-electron chi connectivity index (χ1n) is 7.89. The van der Waals surface area contributed by atoms with Crippen molar-refractivity contribution in [2.24, 2.45) is 13.0 Å². The quantitative estimate of drug-likeness (QED) is 0.887. The molecule has 1 aromatic carbocycles. The molecule has 0 bridgehead atoms. The maximum absolute atomic E-state index is 12.4. The van der Waals surface area contributed by atoms with Crippen LogP contribution in [0.3, 0.4) is 0 Å². The molecular formula is C18H25N3O. The van der Waals surface area contributed by atoms with E-state index >= 15 is 0 Å². The Bertz CT molecular complexity index is 614. The molecule has 2 rings (SSSR count). The number of hydrogen-bond donors (Lipinski definition) is 1. The molecule has 2 aromatic rings. The van der Waals surface area contributed by atoms with Crippen LogP contribution in [0.5, 0.6) is 0 Å². The molecule has 1 atom stereocenters. The van der Waals surface area contributed by atoms with Crippen molar-refractivity contribution in [2.45, 2.75) is 39.7 Å². The van der Waals surface area contributed by atoms with Gasteiger partial charge in [-0.15, -0.1) is 0 Å². The van der Waals surface area contributed by atoms with Gasteiger partial charge in [-0.1, -0.05) is 51.5 Å². The van der Waals surface area contributed by atoms with Crippen LogP contribution in [0.2, 0.25) is 0 Å². The van der Waals surface area contributed by atoms with Crippen LogP contribution in [0.1, 0.15) is 54.7 Å². The van der Waals surface area contributed by atoms with Crippen LogP contribution >= 0.6 is 0 Å². The molecular weight excluding hydrogens is 274 g/mol. The third kappa shape index (κ3) is 3.97. The molecule has 0 unspecified atom stereocenters. The van der Waals surface area contributed by atoms with E-state index in [1.54, 1.807) is 17.1 Å². The second-order valence-electron chi connectivity index (χ2n) is 6.09. The van der Waals surface area contributed by atoms with Gasteiger partial charge in [-0.05, 0) is 23.5 Å². The van der Waals surface area contributed by atoms with Crippen molar-refractivity contribution >= 4 is 5.91 Å². The van der Waals surface area contributed by atoms with Crippen LogP contribution < -0.4 is 5.32 Å². The molecule has 0 aliphatic heterocycles. The molecule has 0 fully saturated rings. The van der Waals surface area contributed by atoms with Gasteiger partial charge in [0, 0.05) is 13.2 Å². The molecule has 0 aliphatic carbocycles. The summed E-state index contributed by atoms with van der Waals surface area (Å²) in [4.78, 5) is 12.4. The Kier molecular flexibility index (Phi) is 5.36. The number of hydrogen-bond acceptors (Lipinski definition) is 2. The van der Waals surface area contributed by atoms with Crippen molar-refractivity contribution in [2.75, 3.05) is 0 Å². The molecule has 0 aliphatic rings. The predicted octanol–water partition coefficient (Wildman–Crippen LogP) is 3.50. The minimum Gasteiger partial charge on any atom is -0.345 e. The van der Waals surface area contributed by atoms with E-state index in [0.717, 1.165) is 18.4 Å². The third-order valence-corrected chi connectivity index (χ3v) is 3.80. The van der Waals surface area contributed by atoms with Crippen molar-refractivity contribution in [3.63, 3.8) is 0 Å². The Morgan fingerprint density at radius 1 is 1.27 bits per heavy atom. The van der Waals surface area contributed by atoms with Crippen LogP contribution in [-0.2, 0) is 13.5 Å². The Morgan fingerprint density at radius 2 is 1.95 bits per heavy atom. The van der Waals surface area contributed by atoms with Crippen LogP contribution in [0.25, 0.3) is 0 Å². The molecule has 1 heterocycles. The second-order valence-corrected chi connectivity index (χ2v) is 6.09. The monoisotopic (exact) mass is 299 g/mol. The molecule has 1 aromatic heterocycles. The minimum atomic E-state index is -0.0792. The van der Waals surface area contributed by atoms with Crippen LogP contribution in [0.15, 0.2) is 36.7 Å². The van der Waals surface area contributed by atoms with Gasteiger partial charge in [0.25, 0.3) is 5.91 Å². The molecule has 0 saturated carbocycles. The molecule has 1 N–H and O–H groups in total. The fraction of sp³-hybridized carbons (Fsp3) is 0.444. The topological polar surface area (TPSA) is 46.9 Å². The SMILES string of the molecule is CCCc1ccc([C@H](NC(=O)c2cnn(C)c2)C(C)C)cc1. The van der Waals surface area contributed by atoms with E-state index in [1.165, 1.54) is 5.56 Å². The first kappa shape index (κ1) is 16.3. The lowest BCUT2D eigenvalue weighted by molar-refractivity contribution is 0.0925. The van der Waals surface area contributed by atoms with Gasteiger partial charge in [-0.2, -0.15) is 5.10 Å². The Hall–Kier alpha value is -2.10. The number of amides is 1. The van der Waals surface area contributed by atoms with E-state index in [1.807, 2.05) is 7.05 Å². The van der Waals surface area contributed by atoms with E-state index in [9.17, 15) is 4.79 Å². The van der Waals surface area contributed by atoms with Gasteiger partial charge < -0.3 is 5.32 Å². The lowest BCUT2D eigenvalue weighted by atomic mass is 9.94. The van der Waals surface area contributed by atoms with Crippen molar-refractivity contribution in [3.05, 3.63) is 53.3 Å². The van der Waals surface area contributed by atoms with Crippen LogP contribution in [0, 0.1) is 5.92 Å². The average molecular weight is 299 g/mol.